The van der Waals surface area contributed by atoms with Gasteiger partial charge in [-0.2, -0.15) is 11.8 Å². The van der Waals surface area contributed by atoms with E-state index in [-0.39, 0.29) is 11.0 Å². The Morgan fingerprint density at radius 2 is 2.20 bits per heavy atom. The first kappa shape index (κ1) is 13.3. The van der Waals surface area contributed by atoms with E-state index in [2.05, 4.69) is 0 Å². The van der Waals surface area contributed by atoms with Gasteiger partial charge >= 0.3 is 0 Å². The molecule has 2 atom stereocenters. The van der Waals surface area contributed by atoms with Gasteiger partial charge in [0.2, 0.25) is 0 Å². The summed E-state index contributed by atoms with van der Waals surface area (Å²) >= 11 is 1.78. The topological polar surface area (TPSA) is 54.4 Å². The van der Waals surface area contributed by atoms with Crippen LogP contribution in [0, 0.1) is 0 Å². The van der Waals surface area contributed by atoms with Gasteiger partial charge in [0.05, 0.1) is 5.60 Å². The first-order valence-electron chi connectivity index (χ1n) is 5.35. The molecular formula is C10H20O3S2. The highest BCUT2D eigenvalue weighted by Gasteiger charge is 2.35. The molecule has 0 radical (unpaired) electrons. The van der Waals surface area contributed by atoms with Crippen molar-refractivity contribution in [1.29, 1.82) is 0 Å². The van der Waals surface area contributed by atoms with E-state index in [1.165, 1.54) is 6.26 Å². The van der Waals surface area contributed by atoms with E-state index in [4.69, 9.17) is 0 Å². The number of rotatable bonds is 4. The van der Waals surface area contributed by atoms with Crippen molar-refractivity contribution in [3.8, 4) is 0 Å². The Hall–Kier alpha value is 0.260. The van der Waals surface area contributed by atoms with Gasteiger partial charge in [-0.05, 0) is 31.4 Å². The van der Waals surface area contributed by atoms with Crippen molar-refractivity contribution in [2.24, 2.45) is 0 Å². The smallest absolute Gasteiger partial charge is 0.147 e. The average molecular weight is 252 g/mol. The first-order chi connectivity index (χ1) is 6.83. The number of thioether (sulfide) groups is 1. The molecule has 0 aromatic carbocycles. The summed E-state index contributed by atoms with van der Waals surface area (Å²) in [5.74, 6) is 1.29. The highest BCUT2D eigenvalue weighted by Crippen LogP contribution is 2.36. The second kappa shape index (κ2) is 5.06. The van der Waals surface area contributed by atoms with E-state index in [0.717, 1.165) is 18.6 Å². The van der Waals surface area contributed by atoms with Crippen LogP contribution in [0.1, 0.15) is 32.6 Å². The average Bonchev–Trinajstić information content (AvgIpc) is 2.08. The third-order valence-corrected chi connectivity index (χ3v) is 5.50. The van der Waals surface area contributed by atoms with Crippen molar-refractivity contribution in [3.63, 3.8) is 0 Å². The molecule has 1 aliphatic heterocycles. The molecule has 0 bridgehead atoms. The van der Waals surface area contributed by atoms with Crippen LogP contribution in [0.5, 0.6) is 0 Å². The number of hydrogen-bond donors (Lipinski definition) is 1. The zero-order valence-corrected chi connectivity index (χ0v) is 11.0. The van der Waals surface area contributed by atoms with Crippen LogP contribution in [0.2, 0.25) is 0 Å². The summed E-state index contributed by atoms with van der Waals surface area (Å²) < 4.78 is 21.9. The van der Waals surface area contributed by atoms with Crippen LogP contribution in [-0.4, -0.2) is 42.1 Å². The van der Waals surface area contributed by atoms with Gasteiger partial charge in [-0.3, -0.25) is 0 Å². The van der Waals surface area contributed by atoms with Crippen LogP contribution in [0.4, 0.5) is 0 Å². The fraction of sp³-hybridized carbons (Fsp3) is 1.00. The number of sulfone groups is 1. The van der Waals surface area contributed by atoms with Gasteiger partial charge in [-0.25, -0.2) is 8.42 Å². The molecule has 90 valence electrons. The molecule has 0 spiro atoms. The van der Waals surface area contributed by atoms with Crippen LogP contribution in [-0.2, 0) is 9.84 Å². The number of aliphatic hydroxyl groups is 1. The summed E-state index contributed by atoms with van der Waals surface area (Å²) in [4.78, 5) is 0. The van der Waals surface area contributed by atoms with E-state index < -0.39 is 15.4 Å². The quantitative estimate of drug-likeness (QED) is 0.823. The van der Waals surface area contributed by atoms with Crippen molar-refractivity contribution in [3.05, 3.63) is 0 Å². The Morgan fingerprint density at radius 3 is 2.73 bits per heavy atom. The zero-order chi connectivity index (χ0) is 11.5. The normalized spacial score (nSPS) is 32.9. The SMILES string of the molecule is CC1SCCCC1(O)CCCS(C)(=O)=O. The molecule has 5 heteroatoms. The van der Waals surface area contributed by atoms with Crippen molar-refractivity contribution >= 4 is 21.6 Å². The van der Waals surface area contributed by atoms with Crippen LogP contribution < -0.4 is 0 Å². The van der Waals surface area contributed by atoms with Crippen molar-refractivity contribution in [2.45, 2.75) is 43.5 Å². The van der Waals surface area contributed by atoms with Crippen LogP contribution in [0.25, 0.3) is 0 Å². The Balaban J connectivity index is 2.42. The molecule has 0 aromatic heterocycles. The van der Waals surface area contributed by atoms with Gasteiger partial charge < -0.3 is 5.11 Å². The monoisotopic (exact) mass is 252 g/mol. The van der Waals surface area contributed by atoms with Crippen molar-refractivity contribution in [2.75, 3.05) is 17.8 Å². The molecule has 1 aliphatic rings. The van der Waals surface area contributed by atoms with Crippen molar-refractivity contribution in [1.82, 2.24) is 0 Å². The molecular weight excluding hydrogens is 232 g/mol. The number of hydrogen-bond acceptors (Lipinski definition) is 4. The second-order valence-corrected chi connectivity index (χ2v) is 8.16. The first-order valence-corrected chi connectivity index (χ1v) is 8.46. The van der Waals surface area contributed by atoms with E-state index in [0.29, 0.717) is 12.8 Å². The molecule has 1 rings (SSSR count). The largest absolute Gasteiger partial charge is 0.389 e. The summed E-state index contributed by atoms with van der Waals surface area (Å²) in [7, 11) is -2.89. The molecule has 0 aromatic rings. The summed E-state index contributed by atoms with van der Waals surface area (Å²) in [6.07, 6.45) is 4.26. The molecule has 3 nitrogen and oxygen atoms in total. The van der Waals surface area contributed by atoms with Gasteiger partial charge in [-0.15, -0.1) is 0 Å². The molecule has 15 heavy (non-hydrogen) atoms. The summed E-state index contributed by atoms with van der Waals surface area (Å²) in [6.45, 7) is 2.03. The molecule has 1 saturated heterocycles. The zero-order valence-electron chi connectivity index (χ0n) is 9.40. The fourth-order valence-corrected chi connectivity index (χ4v) is 3.84. The predicted octanol–water partition coefficient (Wildman–Crippen LogP) is 1.46. The predicted molar refractivity (Wildman–Crippen MR) is 65.0 cm³/mol. The van der Waals surface area contributed by atoms with Gasteiger partial charge in [0.15, 0.2) is 0 Å². The van der Waals surface area contributed by atoms with E-state index >= 15 is 0 Å². The minimum atomic E-state index is -2.89. The molecule has 0 amide bonds. The molecule has 1 fully saturated rings. The minimum Gasteiger partial charge on any atom is -0.389 e. The second-order valence-electron chi connectivity index (χ2n) is 4.45. The maximum Gasteiger partial charge on any atom is 0.147 e. The van der Waals surface area contributed by atoms with E-state index in [9.17, 15) is 13.5 Å². The van der Waals surface area contributed by atoms with E-state index in [1.807, 2.05) is 6.92 Å². The summed E-state index contributed by atoms with van der Waals surface area (Å²) in [5, 5.41) is 10.5. The Kier molecular flexibility index (Phi) is 4.50. The standard InChI is InChI=1S/C10H20O3S2/c1-9-10(11,5-3-7-14-9)6-4-8-15(2,12)13/h9,11H,3-8H2,1-2H3. The van der Waals surface area contributed by atoms with Crippen molar-refractivity contribution < 1.29 is 13.5 Å². The van der Waals surface area contributed by atoms with Crippen LogP contribution >= 0.6 is 11.8 Å². The Morgan fingerprint density at radius 1 is 1.53 bits per heavy atom. The van der Waals surface area contributed by atoms with Gasteiger partial charge in [-0.1, -0.05) is 6.92 Å². The highest BCUT2D eigenvalue weighted by atomic mass is 32.2. The third kappa shape index (κ3) is 4.33. The highest BCUT2D eigenvalue weighted by molar-refractivity contribution is 8.00. The summed E-state index contributed by atoms with van der Waals surface area (Å²) in [5.41, 5.74) is -0.645. The molecule has 2 unspecified atom stereocenters. The molecule has 1 heterocycles. The minimum absolute atomic E-state index is 0.187. The molecule has 0 saturated carbocycles. The lowest BCUT2D eigenvalue weighted by Crippen LogP contribution is -2.41. The Labute approximate surface area is 96.6 Å². The summed E-state index contributed by atoms with van der Waals surface area (Å²) in [6, 6.07) is 0. The maximum atomic E-state index is 11.0. The Bertz CT molecular complexity index is 300. The lowest BCUT2D eigenvalue weighted by molar-refractivity contribution is 0.0204. The lowest BCUT2D eigenvalue weighted by Gasteiger charge is -2.37. The van der Waals surface area contributed by atoms with Crippen LogP contribution in [0.3, 0.4) is 0 Å². The van der Waals surface area contributed by atoms with Gasteiger partial charge in [0.25, 0.3) is 0 Å². The molecule has 0 aliphatic carbocycles. The maximum absolute atomic E-state index is 11.0. The molecule has 1 N–H and O–H groups in total. The van der Waals surface area contributed by atoms with Crippen LogP contribution in [0.15, 0.2) is 0 Å². The van der Waals surface area contributed by atoms with Gasteiger partial charge in [0, 0.05) is 17.3 Å². The lowest BCUT2D eigenvalue weighted by atomic mass is 9.89. The third-order valence-electron chi connectivity index (χ3n) is 3.00. The fourth-order valence-electron chi connectivity index (χ4n) is 1.97. The van der Waals surface area contributed by atoms with Gasteiger partial charge in [0.1, 0.15) is 9.84 Å². The van der Waals surface area contributed by atoms with E-state index in [1.54, 1.807) is 11.8 Å².